The highest BCUT2D eigenvalue weighted by atomic mass is 16.5. The van der Waals surface area contributed by atoms with E-state index >= 15 is 0 Å². The first kappa shape index (κ1) is 16.2. The Kier molecular flexibility index (Phi) is 4.66. The topological polar surface area (TPSA) is 71.2 Å². The lowest BCUT2D eigenvalue weighted by Crippen LogP contribution is -2.19. The number of pyridine rings is 1. The van der Waals surface area contributed by atoms with E-state index in [4.69, 9.17) is 4.74 Å². The van der Waals surface area contributed by atoms with Crippen LogP contribution >= 0.6 is 0 Å². The van der Waals surface area contributed by atoms with E-state index in [1.165, 1.54) is 0 Å². The van der Waals surface area contributed by atoms with Crippen LogP contribution in [0.4, 0.5) is 5.69 Å². The third-order valence-corrected chi connectivity index (χ3v) is 3.37. The summed E-state index contributed by atoms with van der Waals surface area (Å²) in [6, 6.07) is 7.16. The highest BCUT2D eigenvalue weighted by Gasteiger charge is 2.18. The number of hydrogen-bond acceptors (Lipinski definition) is 3. The second kappa shape index (κ2) is 6.32. The highest BCUT2D eigenvalue weighted by Crippen LogP contribution is 2.29. The minimum absolute atomic E-state index is 0.0209. The zero-order valence-corrected chi connectivity index (χ0v) is 13.4. The molecule has 0 aliphatic rings. The van der Waals surface area contributed by atoms with Crippen molar-refractivity contribution < 1.29 is 9.53 Å². The molecule has 0 spiro atoms. The Bertz CT molecular complexity index is 742. The summed E-state index contributed by atoms with van der Waals surface area (Å²) in [6.07, 6.45) is 0. The molecule has 1 heterocycles. The molecule has 1 amide bonds. The number of benzene rings is 1. The number of fused-ring (bicyclic) bond motifs is 1. The van der Waals surface area contributed by atoms with E-state index in [9.17, 15) is 9.59 Å². The Morgan fingerprint density at radius 2 is 2.00 bits per heavy atom. The van der Waals surface area contributed by atoms with Crippen molar-refractivity contribution in [1.82, 2.24) is 4.98 Å². The molecule has 0 bridgehead atoms. The number of aromatic amines is 1. The van der Waals surface area contributed by atoms with E-state index in [0.29, 0.717) is 17.8 Å². The van der Waals surface area contributed by atoms with Crippen LogP contribution in [-0.4, -0.2) is 24.1 Å². The highest BCUT2D eigenvalue weighted by molar-refractivity contribution is 5.94. The van der Waals surface area contributed by atoms with Gasteiger partial charge in [0.15, 0.2) is 0 Å². The van der Waals surface area contributed by atoms with Crippen LogP contribution in [0.2, 0.25) is 0 Å². The number of rotatable bonds is 4. The van der Waals surface area contributed by atoms with Crippen molar-refractivity contribution in [2.75, 3.05) is 18.5 Å². The molecule has 0 saturated carbocycles. The maximum absolute atomic E-state index is 11.9. The Labute approximate surface area is 129 Å². The molecule has 2 N–H and O–H groups in total. The Morgan fingerprint density at radius 3 is 2.64 bits per heavy atom. The largest absolute Gasteiger partial charge is 0.372 e. The molecule has 1 aromatic heterocycles. The van der Waals surface area contributed by atoms with Crippen molar-refractivity contribution in [3.8, 4) is 0 Å². The van der Waals surface area contributed by atoms with Gasteiger partial charge in [0.05, 0.1) is 5.52 Å². The molecule has 0 saturated heterocycles. The van der Waals surface area contributed by atoms with Gasteiger partial charge in [-0.1, -0.05) is 26.8 Å². The molecule has 118 valence electrons. The summed E-state index contributed by atoms with van der Waals surface area (Å²) in [7, 11) is 0. The van der Waals surface area contributed by atoms with Gasteiger partial charge in [0.25, 0.3) is 0 Å². The van der Waals surface area contributed by atoms with E-state index in [-0.39, 0.29) is 23.5 Å². The van der Waals surface area contributed by atoms with Gasteiger partial charge >= 0.3 is 0 Å². The van der Waals surface area contributed by atoms with Crippen molar-refractivity contribution in [1.29, 1.82) is 0 Å². The Hall–Kier alpha value is -2.14. The normalized spacial score (nSPS) is 11.6. The standard InChI is InChI=1S/C17H22N2O3/c1-5-22-10-16(21)18-11-6-7-12-13(17(2,3)4)9-15(20)19-14(12)8-11/h6-9H,5,10H2,1-4H3,(H,18,21)(H,19,20). The summed E-state index contributed by atoms with van der Waals surface area (Å²) in [4.78, 5) is 26.4. The summed E-state index contributed by atoms with van der Waals surface area (Å²) < 4.78 is 5.07. The lowest BCUT2D eigenvalue weighted by molar-refractivity contribution is -0.120. The first-order valence-corrected chi connectivity index (χ1v) is 7.36. The van der Waals surface area contributed by atoms with E-state index in [1.54, 1.807) is 12.1 Å². The van der Waals surface area contributed by atoms with E-state index in [2.05, 4.69) is 31.1 Å². The Balaban J connectivity index is 2.39. The molecule has 22 heavy (non-hydrogen) atoms. The zero-order chi connectivity index (χ0) is 16.3. The number of ether oxygens (including phenoxy) is 1. The van der Waals surface area contributed by atoms with Gasteiger partial charge in [-0.2, -0.15) is 0 Å². The molecule has 0 fully saturated rings. The van der Waals surface area contributed by atoms with Gasteiger partial charge in [0.1, 0.15) is 6.61 Å². The second-order valence-electron chi connectivity index (χ2n) is 6.24. The maximum Gasteiger partial charge on any atom is 0.250 e. The molecule has 0 aliphatic carbocycles. The quantitative estimate of drug-likeness (QED) is 0.912. The smallest absolute Gasteiger partial charge is 0.250 e. The van der Waals surface area contributed by atoms with Crippen LogP contribution < -0.4 is 10.9 Å². The molecule has 0 unspecified atom stereocenters. The number of carbonyl (C=O) groups excluding carboxylic acids is 1. The van der Waals surface area contributed by atoms with E-state index < -0.39 is 0 Å². The number of amides is 1. The third-order valence-electron chi connectivity index (χ3n) is 3.37. The molecular weight excluding hydrogens is 280 g/mol. The van der Waals surface area contributed by atoms with Crippen molar-refractivity contribution in [2.24, 2.45) is 0 Å². The van der Waals surface area contributed by atoms with Gasteiger partial charge in [-0.15, -0.1) is 0 Å². The van der Waals surface area contributed by atoms with Gasteiger partial charge in [-0.3, -0.25) is 9.59 Å². The summed E-state index contributed by atoms with van der Waals surface area (Å²) in [5.74, 6) is -0.212. The molecule has 5 nitrogen and oxygen atoms in total. The fourth-order valence-electron chi connectivity index (χ4n) is 2.35. The van der Waals surface area contributed by atoms with Crippen LogP contribution in [0.1, 0.15) is 33.3 Å². The molecule has 5 heteroatoms. The average molecular weight is 302 g/mol. The molecule has 0 aliphatic heterocycles. The van der Waals surface area contributed by atoms with Crippen LogP contribution in [-0.2, 0) is 14.9 Å². The third kappa shape index (κ3) is 3.74. The number of hydrogen-bond donors (Lipinski definition) is 2. The monoisotopic (exact) mass is 302 g/mol. The van der Waals surface area contributed by atoms with Crippen molar-refractivity contribution in [3.05, 3.63) is 40.2 Å². The van der Waals surface area contributed by atoms with Crippen LogP contribution in [0, 0.1) is 0 Å². The SMILES string of the molecule is CCOCC(=O)Nc1ccc2c(C(C)(C)C)cc(=O)[nH]c2c1. The van der Waals surface area contributed by atoms with Gasteiger partial charge in [0.2, 0.25) is 11.5 Å². The van der Waals surface area contributed by atoms with E-state index in [1.807, 2.05) is 19.1 Å². The summed E-state index contributed by atoms with van der Waals surface area (Å²) >= 11 is 0. The van der Waals surface area contributed by atoms with Gasteiger partial charge in [-0.25, -0.2) is 0 Å². The van der Waals surface area contributed by atoms with Crippen LogP contribution in [0.15, 0.2) is 29.1 Å². The number of nitrogens with one attached hydrogen (secondary N) is 2. The van der Waals surface area contributed by atoms with Crippen molar-refractivity contribution in [2.45, 2.75) is 33.1 Å². The number of carbonyl (C=O) groups is 1. The predicted octanol–water partition coefficient (Wildman–Crippen LogP) is 2.80. The fraction of sp³-hybridized carbons (Fsp3) is 0.412. The number of anilines is 1. The van der Waals surface area contributed by atoms with Crippen LogP contribution in [0.25, 0.3) is 10.9 Å². The maximum atomic E-state index is 11.9. The van der Waals surface area contributed by atoms with Gasteiger partial charge in [-0.05, 0) is 30.0 Å². The molecule has 0 radical (unpaired) electrons. The van der Waals surface area contributed by atoms with Crippen LogP contribution in [0.3, 0.4) is 0 Å². The van der Waals surface area contributed by atoms with Crippen molar-refractivity contribution in [3.63, 3.8) is 0 Å². The van der Waals surface area contributed by atoms with E-state index in [0.717, 1.165) is 10.9 Å². The zero-order valence-electron chi connectivity index (χ0n) is 13.4. The van der Waals surface area contributed by atoms with Gasteiger partial charge in [0, 0.05) is 23.7 Å². The lowest BCUT2D eigenvalue weighted by Gasteiger charge is -2.21. The Morgan fingerprint density at radius 1 is 1.27 bits per heavy atom. The molecule has 1 aromatic carbocycles. The summed E-state index contributed by atoms with van der Waals surface area (Å²) in [5, 5.41) is 3.74. The average Bonchev–Trinajstić information content (AvgIpc) is 2.42. The minimum Gasteiger partial charge on any atom is -0.372 e. The second-order valence-corrected chi connectivity index (χ2v) is 6.24. The number of H-pyrrole nitrogens is 1. The fourth-order valence-corrected chi connectivity index (χ4v) is 2.35. The van der Waals surface area contributed by atoms with Gasteiger partial charge < -0.3 is 15.0 Å². The summed E-state index contributed by atoms with van der Waals surface area (Å²) in [6.45, 7) is 8.56. The predicted molar refractivity (Wildman–Crippen MR) is 88.4 cm³/mol. The summed E-state index contributed by atoms with van der Waals surface area (Å²) in [5.41, 5.74) is 2.06. The first-order valence-electron chi connectivity index (χ1n) is 7.36. The molecule has 2 rings (SSSR count). The number of aromatic nitrogens is 1. The van der Waals surface area contributed by atoms with Crippen LogP contribution in [0.5, 0.6) is 0 Å². The lowest BCUT2D eigenvalue weighted by atomic mass is 9.85. The minimum atomic E-state index is -0.212. The first-order chi connectivity index (χ1) is 10.3. The molecule has 2 aromatic rings. The molecular formula is C17H22N2O3. The molecule has 0 atom stereocenters. The van der Waals surface area contributed by atoms with Crippen molar-refractivity contribution >= 4 is 22.5 Å².